The first-order valence-electron chi connectivity index (χ1n) is 9.85. The Hall–Kier alpha value is -2.70. The van der Waals surface area contributed by atoms with Crippen molar-refractivity contribution < 1.29 is 4.79 Å². The van der Waals surface area contributed by atoms with Crippen molar-refractivity contribution in [2.45, 2.75) is 25.7 Å². The normalized spacial score (nSPS) is 18.3. The predicted octanol–water partition coefficient (Wildman–Crippen LogP) is 2.21. The zero-order chi connectivity index (χ0) is 18.5. The molecule has 0 radical (unpaired) electrons. The molecule has 27 heavy (non-hydrogen) atoms. The number of amides is 1. The van der Waals surface area contributed by atoms with Crippen LogP contribution in [0.15, 0.2) is 36.5 Å². The maximum atomic E-state index is 12.8. The van der Waals surface area contributed by atoms with E-state index in [1.165, 1.54) is 25.7 Å². The van der Waals surface area contributed by atoms with Crippen molar-refractivity contribution in [2.75, 3.05) is 49.1 Å². The lowest BCUT2D eigenvalue weighted by atomic mass is 10.2. The molecule has 142 valence electrons. The molecule has 2 aromatic rings. The van der Waals surface area contributed by atoms with Crippen LogP contribution in [0.4, 0.5) is 11.6 Å². The van der Waals surface area contributed by atoms with Crippen LogP contribution in [-0.4, -0.2) is 65.3 Å². The lowest BCUT2D eigenvalue weighted by Crippen LogP contribution is -2.49. The van der Waals surface area contributed by atoms with Gasteiger partial charge in [-0.1, -0.05) is 18.9 Å². The molecule has 7 heteroatoms. The molecule has 0 aromatic carbocycles. The summed E-state index contributed by atoms with van der Waals surface area (Å²) in [4.78, 5) is 23.5. The van der Waals surface area contributed by atoms with Gasteiger partial charge >= 0.3 is 0 Å². The van der Waals surface area contributed by atoms with Gasteiger partial charge < -0.3 is 14.7 Å². The van der Waals surface area contributed by atoms with E-state index in [4.69, 9.17) is 0 Å². The molecule has 7 nitrogen and oxygen atoms in total. The number of carbonyl (C=O) groups is 1. The molecule has 0 aliphatic carbocycles. The molecule has 0 N–H and O–H groups in total. The highest BCUT2D eigenvalue weighted by Gasteiger charge is 2.24. The first kappa shape index (κ1) is 17.7. The summed E-state index contributed by atoms with van der Waals surface area (Å²) >= 11 is 0. The molecule has 2 aliphatic rings. The Morgan fingerprint density at radius 2 is 1.48 bits per heavy atom. The summed E-state index contributed by atoms with van der Waals surface area (Å²) in [6.07, 6.45) is 6.76. The van der Waals surface area contributed by atoms with Crippen LogP contribution < -0.4 is 9.80 Å². The number of pyridine rings is 1. The number of carbonyl (C=O) groups excluding carboxylic acids is 1. The Morgan fingerprint density at radius 3 is 2.11 bits per heavy atom. The molecule has 4 heterocycles. The van der Waals surface area contributed by atoms with E-state index >= 15 is 0 Å². The molecule has 0 atom stereocenters. The van der Waals surface area contributed by atoms with Gasteiger partial charge in [-0.05, 0) is 37.1 Å². The van der Waals surface area contributed by atoms with Gasteiger partial charge in [0.1, 0.15) is 5.82 Å². The summed E-state index contributed by atoms with van der Waals surface area (Å²) in [5.41, 5.74) is 0.430. The van der Waals surface area contributed by atoms with Crippen LogP contribution >= 0.6 is 0 Å². The van der Waals surface area contributed by atoms with Gasteiger partial charge in [0.2, 0.25) is 0 Å². The van der Waals surface area contributed by atoms with E-state index in [9.17, 15) is 4.79 Å². The monoisotopic (exact) mass is 366 g/mol. The third-order valence-electron chi connectivity index (χ3n) is 5.34. The van der Waals surface area contributed by atoms with Crippen LogP contribution in [0.2, 0.25) is 0 Å². The molecule has 2 aliphatic heterocycles. The van der Waals surface area contributed by atoms with Gasteiger partial charge in [-0.15, -0.1) is 10.2 Å². The van der Waals surface area contributed by atoms with Crippen molar-refractivity contribution >= 4 is 17.5 Å². The Labute approximate surface area is 160 Å². The SMILES string of the molecule is O=C(c1ccc(N2CCCCCC2)nn1)N1CCN(c2ccccn2)CC1. The predicted molar refractivity (Wildman–Crippen MR) is 105 cm³/mol. The first-order valence-corrected chi connectivity index (χ1v) is 9.85. The van der Waals surface area contributed by atoms with Crippen LogP contribution in [-0.2, 0) is 0 Å². The van der Waals surface area contributed by atoms with Crippen LogP contribution in [0.3, 0.4) is 0 Å². The molecular formula is C20H26N6O. The zero-order valence-electron chi connectivity index (χ0n) is 15.6. The standard InChI is InChI=1S/C20H26N6O/c27-20(26-15-13-25(14-16-26)18-7-3-4-10-21-18)17-8-9-19(23-22-17)24-11-5-1-2-6-12-24/h3-4,7-10H,1-2,5-6,11-16H2. The Kier molecular flexibility index (Phi) is 5.46. The fourth-order valence-electron chi connectivity index (χ4n) is 3.75. The number of piperazine rings is 1. The van der Waals surface area contributed by atoms with Gasteiger partial charge in [0.15, 0.2) is 11.5 Å². The van der Waals surface area contributed by atoms with Gasteiger partial charge in [-0.2, -0.15) is 0 Å². The van der Waals surface area contributed by atoms with E-state index in [-0.39, 0.29) is 5.91 Å². The number of aromatic nitrogens is 3. The van der Waals surface area contributed by atoms with Crippen molar-refractivity contribution in [1.29, 1.82) is 0 Å². The highest BCUT2D eigenvalue weighted by molar-refractivity contribution is 5.92. The molecule has 0 unspecified atom stereocenters. The van der Waals surface area contributed by atoms with Crippen molar-refractivity contribution in [3.63, 3.8) is 0 Å². The maximum Gasteiger partial charge on any atom is 0.274 e. The highest BCUT2D eigenvalue weighted by atomic mass is 16.2. The summed E-state index contributed by atoms with van der Waals surface area (Å²) in [6, 6.07) is 9.67. The van der Waals surface area contributed by atoms with Crippen LogP contribution in [0.1, 0.15) is 36.2 Å². The number of hydrogen-bond donors (Lipinski definition) is 0. The fourth-order valence-corrected chi connectivity index (χ4v) is 3.75. The number of rotatable bonds is 3. The minimum absolute atomic E-state index is 0.0365. The summed E-state index contributed by atoms with van der Waals surface area (Å²) in [5.74, 6) is 1.81. The van der Waals surface area contributed by atoms with E-state index < -0.39 is 0 Å². The quantitative estimate of drug-likeness (QED) is 0.830. The van der Waals surface area contributed by atoms with Gasteiger partial charge in [-0.3, -0.25) is 4.79 Å². The Bertz CT molecular complexity index is 735. The summed E-state index contributed by atoms with van der Waals surface area (Å²) < 4.78 is 0. The van der Waals surface area contributed by atoms with Crippen molar-refractivity contribution in [1.82, 2.24) is 20.1 Å². The van der Waals surface area contributed by atoms with Gasteiger partial charge in [0.05, 0.1) is 0 Å². The van der Waals surface area contributed by atoms with Crippen LogP contribution in [0.25, 0.3) is 0 Å². The van der Waals surface area contributed by atoms with E-state index in [1.807, 2.05) is 35.2 Å². The van der Waals surface area contributed by atoms with Crippen molar-refractivity contribution in [2.24, 2.45) is 0 Å². The minimum Gasteiger partial charge on any atom is -0.355 e. The second-order valence-electron chi connectivity index (χ2n) is 7.15. The second kappa shape index (κ2) is 8.33. The van der Waals surface area contributed by atoms with Crippen molar-refractivity contribution in [3.05, 3.63) is 42.2 Å². The topological polar surface area (TPSA) is 65.5 Å². The summed E-state index contributed by atoms with van der Waals surface area (Å²) in [5, 5.41) is 8.56. The number of hydrogen-bond acceptors (Lipinski definition) is 6. The molecule has 2 aromatic heterocycles. The fraction of sp³-hybridized carbons (Fsp3) is 0.500. The largest absolute Gasteiger partial charge is 0.355 e. The molecule has 0 bridgehead atoms. The number of nitrogens with zero attached hydrogens (tertiary/aromatic N) is 6. The molecule has 0 spiro atoms. The zero-order valence-corrected chi connectivity index (χ0v) is 15.6. The van der Waals surface area contributed by atoms with E-state index in [0.29, 0.717) is 18.8 Å². The molecule has 0 saturated carbocycles. The Morgan fingerprint density at radius 1 is 0.741 bits per heavy atom. The lowest BCUT2D eigenvalue weighted by molar-refractivity contribution is 0.0739. The third-order valence-corrected chi connectivity index (χ3v) is 5.34. The summed E-state index contributed by atoms with van der Waals surface area (Å²) in [7, 11) is 0. The molecular weight excluding hydrogens is 340 g/mol. The van der Waals surface area contributed by atoms with E-state index in [2.05, 4.69) is 25.0 Å². The summed E-state index contributed by atoms with van der Waals surface area (Å²) in [6.45, 7) is 4.95. The Balaban J connectivity index is 1.36. The van der Waals surface area contributed by atoms with E-state index in [0.717, 1.165) is 37.8 Å². The first-order chi connectivity index (χ1) is 13.3. The minimum atomic E-state index is -0.0365. The lowest BCUT2D eigenvalue weighted by Gasteiger charge is -2.35. The van der Waals surface area contributed by atoms with Crippen LogP contribution in [0.5, 0.6) is 0 Å². The average Bonchev–Trinajstić information content (AvgIpc) is 3.04. The maximum absolute atomic E-state index is 12.8. The van der Waals surface area contributed by atoms with Crippen molar-refractivity contribution in [3.8, 4) is 0 Å². The molecule has 4 rings (SSSR count). The smallest absolute Gasteiger partial charge is 0.274 e. The average molecular weight is 366 g/mol. The van der Waals surface area contributed by atoms with Gasteiger partial charge in [-0.25, -0.2) is 4.98 Å². The van der Waals surface area contributed by atoms with Crippen LogP contribution in [0, 0.1) is 0 Å². The third kappa shape index (κ3) is 4.18. The molecule has 2 saturated heterocycles. The molecule has 1 amide bonds. The molecule has 2 fully saturated rings. The van der Waals surface area contributed by atoms with Gasteiger partial charge in [0, 0.05) is 45.5 Å². The number of anilines is 2. The second-order valence-corrected chi connectivity index (χ2v) is 7.15. The van der Waals surface area contributed by atoms with E-state index in [1.54, 1.807) is 6.20 Å². The highest BCUT2D eigenvalue weighted by Crippen LogP contribution is 2.18. The van der Waals surface area contributed by atoms with Gasteiger partial charge in [0.25, 0.3) is 5.91 Å².